The van der Waals surface area contributed by atoms with Crippen LogP contribution in [0.25, 0.3) is 0 Å². The number of nitrogens with one attached hydrogen (secondary N) is 2. The van der Waals surface area contributed by atoms with Gasteiger partial charge >= 0.3 is 11.9 Å². The first kappa shape index (κ1) is 42.7. The minimum atomic E-state index is -3.80. The molecule has 0 aromatic heterocycles. The number of fused-ring (bicyclic) bond motifs is 2. The molecule has 12 nitrogen and oxygen atoms in total. The van der Waals surface area contributed by atoms with Crippen molar-refractivity contribution in [2.75, 3.05) is 0 Å². The highest BCUT2D eigenvalue weighted by Gasteiger charge is 2.40. The molecule has 4 aromatic rings. The highest BCUT2D eigenvalue weighted by Crippen LogP contribution is 2.36. The Labute approximate surface area is 329 Å². The van der Waals surface area contributed by atoms with Crippen LogP contribution in [0.5, 0.6) is 0 Å². The van der Waals surface area contributed by atoms with Crippen LogP contribution in [-0.4, -0.2) is 63.4 Å². The average molecular weight is 807 g/mol. The van der Waals surface area contributed by atoms with E-state index in [9.17, 15) is 36.6 Å². The number of hydrogen-bond donors (Lipinski definition) is 4. The molecule has 0 aliphatic heterocycles. The standard InChI is InChI=1S/2C21H25NO5S/c2*1-13-8-10-17(11-9-13)28(25,26)22-20-18-7-5-4-6-16(18)12-19(20)27-21(24)14(2)15(3)23/h2*4-11,14-15,19-20,22-23H,12H2,1-3H3/t2*14-,15?,19?,20?/m10/s1. The van der Waals surface area contributed by atoms with Gasteiger partial charge in [0, 0.05) is 12.8 Å². The molecule has 0 saturated heterocycles. The first-order valence-electron chi connectivity index (χ1n) is 18.5. The Morgan fingerprint density at radius 1 is 0.571 bits per heavy atom. The van der Waals surface area contributed by atoms with Crippen molar-refractivity contribution in [3.63, 3.8) is 0 Å². The van der Waals surface area contributed by atoms with E-state index in [4.69, 9.17) is 9.47 Å². The lowest BCUT2D eigenvalue weighted by Crippen LogP contribution is -2.38. The number of ether oxygens (including phenoxy) is 2. The molecule has 56 heavy (non-hydrogen) atoms. The molecule has 0 saturated carbocycles. The molecule has 300 valence electrons. The molecule has 0 radical (unpaired) electrons. The number of aliphatic hydroxyl groups is 2. The fourth-order valence-electron chi connectivity index (χ4n) is 6.43. The summed E-state index contributed by atoms with van der Waals surface area (Å²) >= 11 is 0. The van der Waals surface area contributed by atoms with Crippen LogP contribution in [0.4, 0.5) is 0 Å². The van der Waals surface area contributed by atoms with Crippen LogP contribution in [0, 0.1) is 25.7 Å². The zero-order valence-corrected chi connectivity index (χ0v) is 33.9. The maximum atomic E-state index is 12.9. The lowest BCUT2D eigenvalue weighted by molar-refractivity contribution is -0.158. The molecule has 8 atom stereocenters. The van der Waals surface area contributed by atoms with Crippen molar-refractivity contribution in [2.24, 2.45) is 11.8 Å². The van der Waals surface area contributed by atoms with E-state index in [1.807, 2.05) is 62.4 Å². The van der Waals surface area contributed by atoms with Gasteiger partial charge in [-0.05, 0) is 88.1 Å². The number of aryl methyl sites for hydroxylation is 2. The molecule has 6 unspecified atom stereocenters. The summed E-state index contributed by atoms with van der Waals surface area (Å²) in [6, 6.07) is 26.6. The molecule has 0 fully saturated rings. The summed E-state index contributed by atoms with van der Waals surface area (Å²) in [4.78, 5) is 25.0. The largest absolute Gasteiger partial charge is 0.460 e. The predicted molar refractivity (Wildman–Crippen MR) is 210 cm³/mol. The molecule has 14 heteroatoms. The van der Waals surface area contributed by atoms with E-state index >= 15 is 0 Å². The molecule has 2 aliphatic carbocycles. The van der Waals surface area contributed by atoms with Gasteiger partial charge in [-0.2, -0.15) is 9.44 Å². The number of carbonyl (C=O) groups is 2. The molecule has 0 bridgehead atoms. The van der Waals surface area contributed by atoms with Crippen molar-refractivity contribution in [2.45, 2.75) is 101 Å². The minimum absolute atomic E-state index is 0.157. The predicted octanol–water partition coefficient (Wildman–Crippen LogP) is 5.00. The van der Waals surface area contributed by atoms with Crippen molar-refractivity contribution in [1.29, 1.82) is 0 Å². The normalized spacial score (nSPS) is 21.0. The summed E-state index contributed by atoms with van der Waals surface area (Å²) in [5, 5.41) is 19.3. The molecule has 0 spiro atoms. The topological polar surface area (TPSA) is 185 Å². The Morgan fingerprint density at radius 2 is 0.893 bits per heavy atom. The van der Waals surface area contributed by atoms with E-state index in [0.29, 0.717) is 12.8 Å². The third kappa shape index (κ3) is 10.1. The Kier molecular flexibility index (Phi) is 13.6. The zero-order chi connectivity index (χ0) is 40.9. The van der Waals surface area contributed by atoms with Crippen LogP contribution >= 0.6 is 0 Å². The summed E-state index contributed by atoms with van der Waals surface area (Å²) in [7, 11) is -7.60. The van der Waals surface area contributed by atoms with Gasteiger partial charge in [0.25, 0.3) is 0 Å². The van der Waals surface area contributed by atoms with Crippen molar-refractivity contribution in [3.05, 3.63) is 130 Å². The Hall–Kier alpha value is -4.44. The summed E-state index contributed by atoms with van der Waals surface area (Å²) < 4.78 is 68.2. The first-order chi connectivity index (χ1) is 26.4. The fraction of sp³-hybridized carbons (Fsp3) is 0.381. The maximum absolute atomic E-state index is 12.9. The fourth-order valence-corrected chi connectivity index (χ4v) is 8.91. The number of hydrogen-bond acceptors (Lipinski definition) is 10. The van der Waals surface area contributed by atoms with E-state index in [1.54, 1.807) is 62.4 Å². The zero-order valence-electron chi connectivity index (χ0n) is 32.2. The monoisotopic (exact) mass is 806 g/mol. The summed E-state index contributed by atoms with van der Waals surface area (Å²) in [5.41, 5.74) is 5.37. The van der Waals surface area contributed by atoms with Crippen LogP contribution in [-0.2, 0) is 52.0 Å². The Morgan fingerprint density at radius 3 is 1.21 bits per heavy atom. The third-order valence-corrected chi connectivity index (χ3v) is 13.2. The minimum Gasteiger partial charge on any atom is -0.460 e. The van der Waals surface area contributed by atoms with Crippen molar-refractivity contribution >= 4 is 32.0 Å². The first-order valence-corrected chi connectivity index (χ1v) is 21.4. The highest BCUT2D eigenvalue weighted by molar-refractivity contribution is 7.89. The molecule has 0 heterocycles. The van der Waals surface area contributed by atoms with Crippen molar-refractivity contribution < 1.29 is 46.1 Å². The van der Waals surface area contributed by atoms with Gasteiger partial charge in [-0.15, -0.1) is 0 Å². The Bertz CT molecular complexity index is 2070. The maximum Gasteiger partial charge on any atom is 0.311 e. The Balaban J connectivity index is 0.000000214. The van der Waals surface area contributed by atoms with Gasteiger partial charge in [-0.25, -0.2) is 16.8 Å². The van der Waals surface area contributed by atoms with Crippen LogP contribution in [0.3, 0.4) is 0 Å². The number of rotatable bonds is 12. The molecule has 4 N–H and O–H groups in total. The average Bonchev–Trinajstić information content (AvgIpc) is 3.67. The van der Waals surface area contributed by atoms with Crippen LogP contribution in [0.1, 0.15) is 73.2 Å². The lowest BCUT2D eigenvalue weighted by atomic mass is 10.1. The molecular formula is C42H50N2O10S2. The quantitative estimate of drug-likeness (QED) is 0.142. The summed E-state index contributed by atoms with van der Waals surface area (Å²) in [6.45, 7) is 9.98. The van der Waals surface area contributed by atoms with Gasteiger partial charge in [0.1, 0.15) is 12.2 Å². The van der Waals surface area contributed by atoms with Gasteiger partial charge in [0.05, 0.1) is 45.9 Å². The van der Waals surface area contributed by atoms with Gasteiger partial charge in [0.2, 0.25) is 20.0 Å². The van der Waals surface area contributed by atoms with Gasteiger partial charge < -0.3 is 19.7 Å². The van der Waals surface area contributed by atoms with Crippen LogP contribution in [0.15, 0.2) is 107 Å². The second-order valence-electron chi connectivity index (χ2n) is 14.6. The third-order valence-electron chi connectivity index (χ3n) is 10.3. The number of aliphatic hydroxyl groups excluding tert-OH is 2. The number of carbonyl (C=O) groups excluding carboxylic acids is 2. The van der Waals surface area contributed by atoms with E-state index in [0.717, 1.165) is 33.4 Å². The smallest absolute Gasteiger partial charge is 0.311 e. The summed E-state index contributed by atoms with van der Waals surface area (Å²) in [5.74, 6) is -2.49. The van der Waals surface area contributed by atoms with Gasteiger partial charge in [0.15, 0.2) is 0 Å². The van der Waals surface area contributed by atoms with Gasteiger partial charge in [-0.3, -0.25) is 9.59 Å². The second-order valence-corrected chi connectivity index (χ2v) is 18.1. The van der Waals surface area contributed by atoms with E-state index in [2.05, 4.69) is 9.44 Å². The van der Waals surface area contributed by atoms with Gasteiger partial charge in [-0.1, -0.05) is 83.9 Å². The SMILES string of the molecule is Cc1ccc(S(=O)(=O)NC2c3ccccc3CC2OC(=O)[C@@H](C)C(C)O)cc1.Cc1ccc(S(=O)(=O)NC2c3ccccc3CC2OC(=O)[C@H](C)C(C)O)cc1. The highest BCUT2D eigenvalue weighted by atomic mass is 32.2. The number of benzene rings is 4. The molecule has 6 rings (SSSR count). The number of sulfonamides is 2. The number of esters is 2. The summed E-state index contributed by atoms with van der Waals surface area (Å²) in [6.07, 6.45) is -2.22. The van der Waals surface area contributed by atoms with E-state index < -0.39 is 80.3 Å². The van der Waals surface area contributed by atoms with Crippen molar-refractivity contribution in [1.82, 2.24) is 9.44 Å². The van der Waals surface area contributed by atoms with Crippen molar-refractivity contribution in [3.8, 4) is 0 Å². The van der Waals surface area contributed by atoms with Crippen LogP contribution < -0.4 is 9.44 Å². The molecular weight excluding hydrogens is 757 g/mol. The molecule has 2 aliphatic rings. The van der Waals surface area contributed by atoms with E-state index in [-0.39, 0.29) is 9.79 Å². The second kappa shape index (κ2) is 17.8. The van der Waals surface area contributed by atoms with E-state index in [1.165, 1.54) is 13.8 Å². The molecule has 0 amide bonds. The molecule has 4 aromatic carbocycles. The lowest BCUT2D eigenvalue weighted by Gasteiger charge is -2.24. The van der Waals surface area contributed by atoms with Crippen LogP contribution in [0.2, 0.25) is 0 Å².